The third-order valence-corrected chi connectivity index (χ3v) is 3.25. The average Bonchev–Trinajstić information content (AvgIpc) is 2.56. The molecule has 0 fully saturated rings. The van der Waals surface area contributed by atoms with Crippen molar-refractivity contribution in [1.29, 1.82) is 0 Å². The minimum absolute atomic E-state index is 0.177. The zero-order chi connectivity index (χ0) is 15.1. The molecule has 5 heteroatoms. The highest BCUT2D eigenvalue weighted by Crippen LogP contribution is 2.20. The molecule has 0 bridgehead atoms. The van der Waals surface area contributed by atoms with E-state index in [1.807, 2.05) is 54.6 Å². The standard InChI is InChI=1S/C16H19N3O2/c1-21-14-9-5-8-13(10-14)18-11-15(16(17)19-20)12-6-3-2-4-7-12/h2-10,15,18,20H,11H2,1H3,(H2,17,19). The van der Waals surface area contributed by atoms with E-state index in [1.54, 1.807) is 7.11 Å². The van der Waals surface area contributed by atoms with Gasteiger partial charge in [0.05, 0.1) is 13.0 Å². The number of nitrogens with two attached hydrogens (primary N) is 1. The largest absolute Gasteiger partial charge is 0.497 e. The zero-order valence-corrected chi connectivity index (χ0v) is 11.9. The van der Waals surface area contributed by atoms with Gasteiger partial charge < -0.3 is 21.0 Å². The smallest absolute Gasteiger partial charge is 0.148 e. The number of amidine groups is 1. The number of hydrogen-bond acceptors (Lipinski definition) is 4. The number of benzene rings is 2. The van der Waals surface area contributed by atoms with Crippen molar-refractivity contribution in [1.82, 2.24) is 0 Å². The monoisotopic (exact) mass is 285 g/mol. The van der Waals surface area contributed by atoms with Crippen LogP contribution in [-0.2, 0) is 0 Å². The van der Waals surface area contributed by atoms with E-state index in [4.69, 9.17) is 15.7 Å². The normalized spacial score (nSPS) is 12.7. The topological polar surface area (TPSA) is 79.9 Å². The van der Waals surface area contributed by atoms with Crippen LogP contribution in [0.5, 0.6) is 5.75 Å². The lowest BCUT2D eigenvalue weighted by Crippen LogP contribution is -2.28. The molecule has 21 heavy (non-hydrogen) atoms. The Kier molecular flexibility index (Phi) is 5.04. The second-order valence-electron chi connectivity index (χ2n) is 4.60. The molecular formula is C16H19N3O2. The summed E-state index contributed by atoms with van der Waals surface area (Å²) in [5.74, 6) is 0.749. The van der Waals surface area contributed by atoms with Gasteiger partial charge in [-0.05, 0) is 17.7 Å². The predicted molar refractivity (Wildman–Crippen MR) is 84.1 cm³/mol. The SMILES string of the molecule is COc1cccc(NCC(C(N)=NO)c2ccccc2)c1. The molecule has 1 unspecified atom stereocenters. The molecule has 4 N–H and O–H groups in total. The van der Waals surface area contributed by atoms with Crippen LogP contribution in [0.25, 0.3) is 0 Å². The summed E-state index contributed by atoms with van der Waals surface area (Å²) in [7, 11) is 1.63. The van der Waals surface area contributed by atoms with Crippen LogP contribution in [0.2, 0.25) is 0 Å². The van der Waals surface area contributed by atoms with Crippen LogP contribution < -0.4 is 15.8 Å². The first-order chi connectivity index (χ1) is 10.2. The Morgan fingerprint density at radius 3 is 2.67 bits per heavy atom. The molecule has 0 radical (unpaired) electrons. The maximum absolute atomic E-state index is 8.96. The highest BCUT2D eigenvalue weighted by atomic mass is 16.5. The van der Waals surface area contributed by atoms with Crippen LogP contribution in [0.4, 0.5) is 5.69 Å². The summed E-state index contributed by atoms with van der Waals surface area (Å²) in [6.07, 6.45) is 0. The number of hydrogen-bond donors (Lipinski definition) is 3. The van der Waals surface area contributed by atoms with Crippen LogP contribution >= 0.6 is 0 Å². The van der Waals surface area contributed by atoms with Crippen molar-refractivity contribution in [3.05, 3.63) is 60.2 Å². The fourth-order valence-electron chi connectivity index (χ4n) is 2.10. The Bertz CT molecular complexity index is 599. The van der Waals surface area contributed by atoms with Gasteiger partial charge in [-0.2, -0.15) is 0 Å². The number of anilines is 1. The first-order valence-corrected chi connectivity index (χ1v) is 6.65. The molecule has 2 rings (SSSR count). The van der Waals surface area contributed by atoms with Crippen LogP contribution in [0, 0.1) is 0 Å². The summed E-state index contributed by atoms with van der Waals surface area (Å²) in [6.45, 7) is 0.521. The van der Waals surface area contributed by atoms with Gasteiger partial charge in [0, 0.05) is 18.3 Å². The molecule has 5 nitrogen and oxygen atoms in total. The van der Waals surface area contributed by atoms with E-state index in [1.165, 1.54) is 0 Å². The first kappa shape index (κ1) is 14.7. The van der Waals surface area contributed by atoms with Crippen molar-refractivity contribution >= 4 is 11.5 Å². The van der Waals surface area contributed by atoms with E-state index >= 15 is 0 Å². The van der Waals surface area contributed by atoms with Crippen LogP contribution in [0.3, 0.4) is 0 Å². The van der Waals surface area contributed by atoms with Gasteiger partial charge >= 0.3 is 0 Å². The number of methoxy groups -OCH3 is 1. The molecule has 0 aliphatic heterocycles. The minimum atomic E-state index is -0.206. The van der Waals surface area contributed by atoms with E-state index in [-0.39, 0.29) is 11.8 Å². The third-order valence-electron chi connectivity index (χ3n) is 3.25. The number of nitrogens with one attached hydrogen (secondary N) is 1. The molecule has 2 aromatic rings. The summed E-state index contributed by atoms with van der Waals surface area (Å²) in [5, 5.41) is 15.4. The quantitative estimate of drug-likeness (QED) is 0.330. The fourth-order valence-corrected chi connectivity index (χ4v) is 2.10. The van der Waals surface area contributed by atoms with Crippen LogP contribution in [-0.4, -0.2) is 24.7 Å². The molecule has 1 atom stereocenters. The Labute approximate surface area is 124 Å². The van der Waals surface area contributed by atoms with E-state index < -0.39 is 0 Å². The molecule has 110 valence electrons. The zero-order valence-electron chi connectivity index (χ0n) is 11.9. The van der Waals surface area contributed by atoms with Crippen molar-refractivity contribution in [3.63, 3.8) is 0 Å². The van der Waals surface area contributed by atoms with E-state index in [9.17, 15) is 0 Å². The van der Waals surface area contributed by atoms with Crippen molar-refractivity contribution < 1.29 is 9.94 Å². The van der Waals surface area contributed by atoms with Crippen molar-refractivity contribution in [3.8, 4) is 5.75 Å². The highest BCUT2D eigenvalue weighted by molar-refractivity contribution is 5.87. The van der Waals surface area contributed by atoms with Gasteiger partial charge in [-0.15, -0.1) is 0 Å². The van der Waals surface area contributed by atoms with Gasteiger partial charge in [0.15, 0.2) is 0 Å². The molecule has 0 aliphatic carbocycles. The second kappa shape index (κ2) is 7.19. The van der Waals surface area contributed by atoms with E-state index in [0.717, 1.165) is 17.0 Å². The first-order valence-electron chi connectivity index (χ1n) is 6.65. The van der Waals surface area contributed by atoms with Gasteiger partial charge in [-0.1, -0.05) is 41.6 Å². The molecular weight excluding hydrogens is 266 g/mol. The number of ether oxygens (including phenoxy) is 1. The lowest BCUT2D eigenvalue weighted by Gasteiger charge is -2.17. The summed E-state index contributed by atoms with van der Waals surface area (Å²) in [5.41, 5.74) is 7.71. The number of oxime groups is 1. The summed E-state index contributed by atoms with van der Waals surface area (Å²) in [4.78, 5) is 0. The summed E-state index contributed by atoms with van der Waals surface area (Å²) in [6, 6.07) is 17.3. The Morgan fingerprint density at radius 1 is 1.24 bits per heavy atom. The highest BCUT2D eigenvalue weighted by Gasteiger charge is 2.16. The van der Waals surface area contributed by atoms with Crippen molar-refractivity contribution in [2.24, 2.45) is 10.9 Å². The molecule has 0 amide bonds. The minimum Gasteiger partial charge on any atom is -0.497 e. The summed E-state index contributed by atoms with van der Waals surface area (Å²) >= 11 is 0. The molecule has 0 aromatic heterocycles. The number of nitrogens with zero attached hydrogens (tertiary/aromatic N) is 1. The molecule has 0 aliphatic rings. The molecule has 2 aromatic carbocycles. The lowest BCUT2D eigenvalue weighted by atomic mass is 9.98. The number of rotatable bonds is 6. The third kappa shape index (κ3) is 3.89. The Balaban J connectivity index is 2.13. The van der Waals surface area contributed by atoms with Gasteiger partial charge in [-0.3, -0.25) is 0 Å². The van der Waals surface area contributed by atoms with Crippen LogP contribution in [0.1, 0.15) is 11.5 Å². The van der Waals surface area contributed by atoms with E-state index in [2.05, 4.69) is 10.5 Å². The van der Waals surface area contributed by atoms with Gasteiger partial charge in [0.25, 0.3) is 0 Å². The Hall–Kier alpha value is -2.69. The Morgan fingerprint density at radius 2 is 2.00 bits per heavy atom. The summed E-state index contributed by atoms with van der Waals surface area (Å²) < 4.78 is 5.19. The van der Waals surface area contributed by atoms with Gasteiger partial charge in [0.1, 0.15) is 11.6 Å². The maximum atomic E-state index is 8.96. The lowest BCUT2D eigenvalue weighted by molar-refractivity contribution is 0.316. The maximum Gasteiger partial charge on any atom is 0.148 e. The molecule has 0 heterocycles. The van der Waals surface area contributed by atoms with Crippen LogP contribution in [0.15, 0.2) is 59.8 Å². The van der Waals surface area contributed by atoms with Crippen molar-refractivity contribution in [2.45, 2.75) is 5.92 Å². The second-order valence-corrected chi connectivity index (χ2v) is 4.60. The van der Waals surface area contributed by atoms with Gasteiger partial charge in [-0.25, -0.2) is 0 Å². The predicted octanol–water partition coefficient (Wildman–Crippen LogP) is 2.64. The molecule has 0 spiro atoms. The fraction of sp³-hybridized carbons (Fsp3) is 0.188. The van der Waals surface area contributed by atoms with Crippen molar-refractivity contribution in [2.75, 3.05) is 19.0 Å². The average molecular weight is 285 g/mol. The molecule has 0 saturated heterocycles. The van der Waals surface area contributed by atoms with E-state index in [0.29, 0.717) is 6.54 Å². The molecule has 0 saturated carbocycles. The van der Waals surface area contributed by atoms with Gasteiger partial charge in [0.2, 0.25) is 0 Å².